The molecule has 2 atom stereocenters. The summed E-state index contributed by atoms with van der Waals surface area (Å²) in [6, 6.07) is 0. The number of hydrogen-bond acceptors (Lipinski definition) is 2. The molecule has 0 saturated heterocycles. The van der Waals surface area contributed by atoms with Gasteiger partial charge in [-0.05, 0) is 25.7 Å². The van der Waals surface area contributed by atoms with Crippen molar-refractivity contribution in [2.45, 2.75) is 47.0 Å². The van der Waals surface area contributed by atoms with Crippen LogP contribution < -0.4 is 5.32 Å². The smallest absolute Gasteiger partial charge is 0.226 e. The van der Waals surface area contributed by atoms with Gasteiger partial charge in [0.25, 0.3) is 0 Å². The molecule has 0 heterocycles. The third kappa shape index (κ3) is 2.63. The van der Waals surface area contributed by atoms with Crippen LogP contribution in [-0.4, -0.2) is 18.2 Å². The fourth-order valence-corrected chi connectivity index (χ4v) is 2.51. The minimum atomic E-state index is -0.474. The van der Waals surface area contributed by atoms with E-state index in [2.05, 4.69) is 19.2 Å². The van der Waals surface area contributed by atoms with E-state index in [4.69, 9.17) is 0 Å². The van der Waals surface area contributed by atoms with Crippen molar-refractivity contribution in [2.75, 3.05) is 6.54 Å². The lowest BCUT2D eigenvalue weighted by atomic mass is 9.68. The number of amides is 1. The molecule has 0 aromatic carbocycles. The Kier molecular flexibility index (Phi) is 4.11. The van der Waals surface area contributed by atoms with Crippen molar-refractivity contribution in [3.63, 3.8) is 0 Å². The molecule has 0 aromatic heterocycles. The third-order valence-corrected chi connectivity index (χ3v) is 3.68. The lowest BCUT2D eigenvalue weighted by molar-refractivity contribution is -0.141. The van der Waals surface area contributed by atoms with Crippen LogP contribution in [0.4, 0.5) is 0 Å². The van der Waals surface area contributed by atoms with Gasteiger partial charge in [-0.15, -0.1) is 0 Å². The topological polar surface area (TPSA) is 46.2 Å². The molecular weight excluding hydrogens is 202 g/mol. The van der Waals surface area contributed by atoms with Crippen LogP contribution in [0.25, 0.3) is 0 Å². The van der Waals surface area contributed by atoms with Crippen molar-refractivity contribution in [1.29, 1.82) is 0 Å². The fraction of sp³-hybridized carbons (Fsp3) is 0.846. The molecule has 1 saturated carbocycles. The molecule has 1 rings (SSSR count). The molecule has 3 nitrogen and oxygen atoms in total. The van der Waals surface area contributed by atoms with Gasteiger partial charge in [0.15, 0.2) is 0 Å². The summed E-state index contributed by atoms with van der Waals surface area (Å²) in [5.41, 5.74) is -0.474. The molecular formula is C13H23NO2. The van der Waals surface area contributed by atoms with Gasteiger partial charge in [-0.2, -0.15) is 0 Å². The van der Waals surface area contributed by atoms with E-state index in [0.717, 1.165) is 12.8 Å². The predicted octanol–water partition coefficient (Wildman–Crippen LogP) is 2.15. The fourth-order valence-electron chi connectivity index (χ4n) is 2.51. The predicted molar refractivity (Wildman–Crippen MR) is 64.0 cm³/mol. The van der Waals surface area contributed by atoms with Gasteiger partial charge in [-0.3, -0.25) is 9.59 Å². The summed E-state index contributed by atoms with van der Waals surface area (Å²) >= 11 is 0. The minimum absolute atomic E-state index is 0.0329. The minimum Gasteiger partial charge on any atom is -0.356 e. The van der Waals surface area contributed by atoms with Gasteiger partial charge in [0.2, 0.25) is 5.91 Å². The Morgan fingerprint density at radius 3 is 2.62 bits per heavy atom. The zero-order valence-electron chi connectivity index (χ0n) is 10.8. The molecule has 0 aromatic rings. The maximum absolute atomic E-state index is 12.0. The molecule has 0 aliphatic heterocycles. The largest absolute Gasteiger partial charge is 0.356 e. The van der Waals surface area contributed by atoms with E-state index in [1.165, 1.54) is 0 Å². The summed E-state index contributed by atoms with van der Waals surface area (Å²) in [5.74, 6) is 0.842. The Bertz CT molecular complexity index is 286. The number of carbonyl (C=O) groups excluding carboxylic acids is 2. The van der Waals surface area contributed by atoms with E-state index in [-0.39, 0.29) is 17.6 Å². The van der Waals surface area contributed by atoms with Crippen molar-refractivity contribution in [3.8, 4) is 0 Å². The highest BCUT2D eigenvalue weighted by Crippen LogP contribution is 2.39. The van der Waals surface area contributed by atoms with Gasteiger partial charge in [-0.1, -0.05) is 20.8 Å². The lowest BCUT2D eigenvalue weighted by Crippen LogP contribution is -2.45. The Labute approximate surface area is 98.0 Å². The zero-order chi connectivity index (χ0) is 12.3. The summed E-state index contributed by atoms with van der Waals surface area (Å²) in [5, 5.41) is 2.83. The number of Topliss-reactive ketones (excluding diaryl/α,β-unsaturated/α-hetero) is 1. The number of ketones is 1. The van der Waals surface area contributed by atoms with Crippen LogP contribution in [0.3, 0.4) is 0 Å². The van der Waals surface area contributed by atoms with Gasteiger partial charge >= 0.3 is 0 Å². The van der Waals surface area contributed by atoms with Crippen LogP contribution in [0.2, 0.25) is 0 Å². The summed E-state index contributed by atoms with van der Waals surface area (Å²) in [4.78, 5) is 23.9. The highest BCUT2D eigenvalue weighted by Gasteiger charge is 2.42. The summed E-state index contributed by atoms with van der Waals surface area (Å²) < 4.78 is 0. The Morgan fingerprint density at radius 2 is 2.19 bits per heavy atom. The maximum Gasteiger partial charge on any atom is 0.226 e. The molecule has 2 unspecified atom stereocenters. The first-order valence-electron chi connectivity index (χ1n) is 6.21. The highest BCUT2D eigenvalue weighted by atomic mass is 16.2. The maximum atomic E-state index is 12.0. The van der Waals surface area contributed by atoms with Crippen LogP contribution >= 0.6 is 0 Å². The van der Waals surface area contributed by atoms with Crippen LogP contribution in [0.5, 0.6) is 0 Å². The molecule has 16 heavy (non-hydrogen) atoms. The molecule has 1 aliphatic carbocycles. The van der Waals surface area contributed by atoms with Gasteiger partial charge in [0, 0.05) is 18.9 Å². The van der Waals surface area contributed by atoms with Crippen LogP contribution in [0.1, 0.15) is 47.0 Å². The van der Waals surface area contributed by atoms with Crippen molar-refractivity contribution < 1.29 is 9.59 Å². The second kappa shape index (κ2) is 4.98. The molecule has 1 N–H and O–H groups in total. The second-order valence-corrected chi connectivity index (χ2v) is 5.45. The molecule has 3 heteroatoms. The average molecular weight is 225 g/mol. The quantitative estimate of drug-likeness (QED) is 0.800. The van der Waals surface area contributed by atoms with Crippen molar-refractivity contribution in [1.82, 2.24) is 5.32 Å². The second-order valence-electron chi connectivity index (χ2n) is 5.45. The highest BCUT2D eigenvalue weighted by molar-refractivity contribution is 5.91. The van der Waals surface area contributed by atoms with E-state index in [1.54, 1.807) is 0 Å². The summed E-state index contributed by atoms with van der Waals surface area (Å²) in [6.07, 6.45) is 2.08. The monoisotopic (exact) mass is 225 g/mol. The van der Waals surface area contributed by atoms with E-state index >= 15 is 0 Å². The first-order chi connectivity index (χ1) is 7.40. The molecule has 1 aliphatic rings. The van der Waals surface area contributed by atoms with Gasteiger partial charge in [0.05, 0.1) is 5.41 Å². The van der Waals surface area contributed by atoms with Crippen LogP contribution in [0, 0.1) is 17.3 Å². The molecule has 92 valence electrons. The van der Waals surface area contributed by atoms with E-state index < -0.39 is 5.41 Å². The number of carbonyl (C=O) groups is 2. The van der Waals surface area contributed by atoms with Gasteiger partial charge in [0.1, 0.15) is 5.78 Å². The standard InChI is InChI=1S/C13H23NO2/c1-5-14-12(16)13(4)7-6-10(9(2)3)11(15)8-13/h9-10H,5-8H2,1-4H3,(H,14,16). The average Bonchev–Trinajstić information content (AvgIpc) is 2.17. The number of hydrogen-bond donors (Lipinski definition) is 1. The van der Waals surface area contributed by atoms with Gasteiger partial charge in [-0.25, -0.2) is 0 Å². The molecule has 0 spiro atoms. The first-order valence-corrected chi connectivity index (χ1v) is 6.21. The lowest BCUT2D eigenvalue weighted by Gasteiger charge is -2.36. The van der Waals surface area contributed by atoms with E-state index in [9.17, 15) is 9.59 Å². The van der Waals surface area contributed by atoms with Gasteiger partial charge < -0.3 is 5.32 Å². The van der Waals surface area contributed by atoms with Crippen molar-refractivity contribution in [2.24, 2.45) is 17.3 Å². The summed E-state index contributed by atoms with van der Waals surface area (Å²) in [6.45, 7) is 8.61. The van der Waals surface area contributed by atoms with Crippen LogP contribution in [-0.2, 0) is 9.59 Å². The van der Waals surface area contributed by atoms with Crippen molar-refractivity contribution >= 4 is 11.7 Å². The molecule has 0 radical (unpaired) electrons. The third-order valence-electron chi connectivity index (χ3n) is 3.68. The van der Waals surface area contributed by atoms with E-state index in [1.807, 2.05) is 13.8 Å². The summed E-state index contributed by atoms with van der Waals surface area (Å²) in [7, 11) is 0. The zero-order valence-corrected chi connectivity index (χ0v) is 10.8. The van der Waals surface area contributed by atoms with Crippen LogP contribution in [0.15, 0.2) is 0 Å². The molecule has 1 fully saturated rings. The Balaban J connectivity index is 2.69. The Hall–Kier alpha value is -0.860. The first kappa shape index (κ1) is 13.2. The number of rotatable bonds is 3. The normalized spacial score (nSPS) is 30.6. The number of nitrogens with one attached hydrogen (secondary N) is 1. The van der Waals surface area contributed by atoms with Crippen molar-refractivity contribution in [3.05, 3.63) is 0 Å². The Morgan fingerprint density at radius 1 is 1.56 bits per heavy atom. The van der Waals surface area contributed by atoms with E-state index in [0.29, 0.717) is 18.9 Å². The molecule has 0 bridgehead atoms. The SMILES string of the molecule is CCNC(=O)C1(C)CCC(C(C)C)C(=O)C1. The molecule has 1 amide bonds.